The van der Waals surface area contributed by atoms with Crippen LogP contribution in [0.4, 0.5) is 13.2 Å². The van der Waals surface area contributed by atoms with E-state index in [1.165, 1.54) is 12.1 Å². The third kappa shape index (κ3) is 2.30. The van der Waals surface area contributed by atoms with E-state index in [0.717, 1.165) is 54.6 Å². The van der Waals surface area contributed by atoms with Crippen molar-refractivity contribution < 1.29 is 18.0 Å². The van der Waals surface area contributed by atoms with Crippen LogP contribution in [0.2, 0.25) is 0 Å². The lowest BCUT2D eigenvalue weighted by molar-refractivity contribution is -0.137. The van der Waals surface area contributed by atoms with Crippen LogP contribution in [-0.2, 0) is 6.18 Å². The number of benzene rings is 2. The summed E-state index contributed by atoms with van der Waals surface area (Å²) in [5, 5.41) is 0. The molecule has 0 bridgehead atoms. The summed E-state index contributed by atoms with van der Waals surface area (Å²) in [5.74, 6) is 0.0449. The van der Waals surface area contributed by atoms with Crippen molar-refractivity contribution >= 4 is 5.91 Å². The molecule has 2 aliphatic rings. The number of rotatable bonds is 1. The van der Waals surface area contributed by atoms with Crippen molar-refractivity contribution in [3.63, 3.8) is 0 Å². The molecule has 0 aromatic heterocycles. The van der Waals surface area contributed by atoms with Crippen molar-refractivity contribution in [3.05, 3.63) is 59.2 Å². The summed E-state index contributed by atoms with van der Waals surface area (Å²) < 4.78 is 38.3. The average molecular weight is 331 g/mol. The van der Waals surface area contributed by atoms with E-state index < -0.39 is 11.7 Å². The zero-order chi connectivity index (χ0) is 16.9. The zero-order valence-electron chi connectivity index (χ0n) is 12.9. The van der Waals surface area contributed by atoms with Gasteiger partial charge in [0.1, 0.15) is 0 Å². The highest BCUT2D eigenvalue weighted by molar-refractivity contribution is 6.01. The van der Waals surface area contributed by atoms with E-state index >= 15 is 0 Å². The van der Waals surface area contributed by atoms with E-state index in [1.54, 1.807) is 0 Å². The predicted molar refractivity (Wildman–Crippen MR) is 84.5 cm³/mol. The zero-order valence-corrected chi connectivity index (χ0v) is 12.9. The Labute approximate surface area is 137 Å². The summed E-state index contributed by atoms with van der Waals surface area (Å²) in [4.78, 5) is 14.5. The van der Waals surface area contributed by atoms with Gasteiger partial charge in [-0.2, -0.15) is 13.2 Å². The molecule has 0 spiro atoms. The lowest BCUT2D eigenvalue weighted by Gasteiger charge is -2.30. The molecule has 4 rings (SSSR count). The fourth-order valence-electron chi connectivity index (χ4n) is 3.83. The number of amides is 1. The summed E-state index contributed by atoms with van der Waals surface area (Å²) in [6, 6.07) is 10.8. The number of carbonyl (C=O) groups is 1. The molecular formula is C19H16F3NO. The fourth-order valence-corrected chi connectivity index (χ4v) is 3.83. The SMILES string of the molecule is O=C1c2cccc(-c3ccc(C(F)(F)F)cc3)c2C2CCCCN12. The lowest BCUT2D eigenvalue weighted by Crippen LogP contribution is -2.32. The number of halogens is 3. The highest BCUT2D eigenvalue weighted by atomic mass is 19.4. The Morgan fingerprint density at radius 3 is 2.38 bits per heavy atom. The molecular weight excluding hydrogens is 315 g/mol. The molecule has 1 atom stereocenters. The number of carbonyl (C=O) groups excluding carboxylic acids is 1. The normalized spacial score (nSPS) is 20.0. The van der Waals surface area contributed by atoms with Gasteiger partial charge in [-0.1, -0.05) is 24.3 Å². The number of piperidine rings is 1. The van der Waals surface area contributed by atoms with E-state index in [0.29, 0.717) is 5.56 Å². The Morgan fingerprint density at radius 1 is 0.958 bits per heavy atom. The van der Waals surface area contributed by atoms with Gasteiger partial charge in [0, 0.05) is 12.1 Å². The van der Waals surface area contributed by atoms with Crippen molar-refractivity contribution in [1.82, 2.24) is 4.90 Å². The molecule has 2 aliphatic heterocycles. The predicted octanol–water partition coefficient (Wildman–Crippen LogP) is 5.05. The second-order valence-electron chi connectivity index (χ2n) is 6.35. The van der Waals surface area contributed by atoms with Crippen LogP contribution >= 0.6 is 0 Å². The van der Waals surface area contributed by atoms with Crippen molar-refractivity contribution in [2.75, 3.05) is 6.54 Å². The van der Waals surface area contributed by atoms with Crippen LogP contribution in [0.25, 0.3) is 11.1 Å². The fraction of sp³-hybridized carbons (Fsp3) is 0.316. The third-order valence-electron chi connectivity index (χ3n) is 4.96. The summed E-state index contributed by atoms with van der Waals surface area (Å²) in [5.41, 5.74) is 2.60. The molecule has 124 valence electrons. The Hall–Kier alpha value is -2.30. The van der Waals surface area contributed by atoms with Crippen molar-refractivity contribution in [2.45, 2.75) is 31.5 Å². The van der Waals surface area contributed by atoms with Gasteiger partial charge in [-0.25, -0.2) is 0 Å². The molecule has 1 fully saturated rings. The molecule has 1 amide bonds. The first-order chi connectivity index (χ1) is 11.5. The van der Waals surface area contributed by atoms with Gasteiger partial charge < -0.3 is 4.90 Å². The van der Waals surface area contributed by atoms with Gasteiger partial charge in [0.25, 0.3) is 5.91 Å². The summed E-state index contributed by atoms with van der Waals surface area (Å²) in [7, 11) is 0. The van der Waals surface area contributed by atoms with E-state index in [2.05, 4.69) is 0 Å². The van der Waals surface area contributed by atoms with Crippen LogP contribution in [0, 0.1) is 0 Å². The van der Waals surface area contributed by atoms with Crippen molar-refractivity contribution in [2.24, 2.45) is 0 Å². The van der Waals surface area contributed by atoms with Crippen molar-refractivity contribution in [1.29, 1.82) is 0 Å². The highest BCUT2D eigenvalue weighted by Gasteiger charge is 2.39. The maximum absolute atomic E-state index is 12.8. The van der Waals surface area contributed by atoms with Gasteiger partial charge in [-0.3, -0.25) is 4.79 Å². The van der Waals surface area contributed by atoms with Crippen LogP contribution in [0.15, 0.2) is 42.5 Å². The molecule has 1 saturated heterocycles. The average Bonchev–Trinajstić information content (AvgIpc) is 2.88. The number of alkyl halides is 3. The quantitative estimate of drug-likeness (QED) is 0.716. The molecule has 0 radical (unpaired) electrons. The Bertz CT molecular complexity index is 795. The summed E-state index contributed by atoms with van der Waals surface area (Å²) in [6.07, 6.45) is -1.36. The van der Waals surface area contributed by atoms with Gasteiger partial charge in [-0.05, 0) is 54.2 Å². The number of hydrogen-bond donors (Lipinski definition) is 0. The topological polar surface area (TPSA) is 20.3 Å². The largest absolute Gasteiger partial charge is 0.416 e. The molecule has 0 N–H and O–H groups in total. The number of hydrogen-bond acceptors (Lipinski definition) is 1. The van der Waals surface area contributed by atoms with E-state index in [-0.39, 0.29) is 11.9 Å². The number of fused-ring (bicyclic) bond motifs is 3. The minimum absolute atomic E-state index is 0.0449. The minimum Gasteiger partial charge on any atom is -0.332 e. The molecule has 0 saturated carbocycles. The molecule has 24 heavy (non-hydrogen) atoms. The van der Waals surface area contributed by atoms with Crippen LogP contribution in [0.3, 0.4) is 0 Å². The Balaban J connectivity index is 1.80. The molecule has 1 unspecified atom stereocenters. The molecule has 2 aromatic rings. The Kier molecular flexibility index (Phi) is 3.41. The van der Waals surface area contributed by atoms with Crippen molar-refractivity contribution in [3.8, 4) is 11.1 Å². The van der Waals surface area contributed by atoms with Crippen LogP contribution in [0.1, 0.15) is 46.8 Å². The maximum Gasteiger partial charge on any atom is 0.416 e. The molecule has 2 aromatic carbocycles. The van der Waals surface area contributed by atoms with Crippen LogP contribution in [-0.4, -0.2) is 17.4 Å². The lowest BCUT2D eigenvalue weighted by atomic mass is 9.89. The first kappa shape index (κ1) is 15.2. The maximum atomic E-state index is 12.8. The third-order valence-corrected chi connectivity index (χ3v) is 4.96. The molecule has 5 heteroatoms. The van der Waals surface area contributed by atoms with Crippen LogP contribution < -0.4 is 0 Å². The minimum atomic E-state index is -4.34. The van der Waals surface area contributed by atoms with E-state index in [9.17, 15) is 18.0 Å². The van der Waals surface area contributed by atoms with Gasteiger partial charge in [0.2, 0.25) is 0 Å². The van der Waals surface area contributed by atoms with Crippen LogP contribution in [0.5, 0.6) is 0 Å². The van der Waals surface area contributed by atoms with Gasteiger partial charge in [0.05, 0.1) is 11.6 Å². The highest BCUT2D eigenvalue weighted by Crippen LogP contribution is 2.44. The van der Waals surface area contributed by atoms with E-state index in [1.807, 2.05) is 23.1 Å². The summed E-state index contributed by atoms with van der Waals surface area (Å²) >= 11 is 0. The monoisotopic (exact) mass is 331 g/mol. The smallest absolute Gasteiger partial charge is 0.332 e. The number of nitrogens with zero attached hydrogens (tertiary/aromatic N) is 1. The summed E-state index contributed by atoms with van der Waals surface area (Å²) in [6.45, 7) is 0.755. The second kappa shape index (κ2) is 5.36. The van der Waals surface area contributed by atoms with Gasteiger partial charge in [0.15, 0.2) is 0 Å². The van der Waals surface area contributed by atoms with Gasteiger partial charge >= 0.3 is 6.18 Å². The standard InChI is InChI=1S/C19H16F3NO/c20-19(21,22)13-9-7-12(8-10-13)14-4-3-5-15-17(14)16-6-1-2-11-23(16)18(15)24/h3-5,7-10,16H,1-2,6,11H2. The van der Waals surface area contributed by atoms with E-state index in [4.69, 9.17) is 0 Å². The first-order valence-corrected chi connectivity index (χ1v) is 8.08. The second-order valence-corrected chi connectivity index (χ2v) is 6.35. The molecule has 0 aliphatic carbocycles. The molecule has 2 nitrogen and oxygen atoms in total. The van der Waals surface area contributed by atoms with Gasteiger partial charge in [-0.15, -0.1) is 0 Å². The molecule has 2 heterocycles. The first-order valence-electron chi connectivity index (χ1n) is 8.08. The Morgan fingerprint density at radius 2 is 1.67 bits per heavy atom.